The van der Waals surface area contributed by atoms with Crippen molar-refractivity contribution in [2.75, 3.05) is 5.32 Å². The molecule has 0 aliphatic carbocycles. The molecule has 24 heavy (non-hydrogen) atoms. The van der Waals surface area contributed by atoms with Gasteiger partial charge in [0, 0.05) is 11.9 Å². The number of nitrogens with zero attached hydrogens (tertiary/aromatic N) is 1. The number of nitrogens with one attached hydrogen (secondary N) is 1. The number of anilines is 1. The molecule has 2 N–H and O–H groups in total. The summed E-state index contributed by atoms with van der Waals surface area (Å²) < 4.78 is 0. The van der Waals surface area contributed by atoms with Crippen LogP contribution in [0.25, 0.3) is 11.1 Å². The summed E-state index contributed by atoms with van der Waals surface area (Å²) in [5.41, 5.74) is 4.94. The van der Waals surface area contributed by atoms with Crippen LogP contribution in [0, 0.1) is 6.92 Å². The highest BCUT2D eigenvalue weighted by atomic mass is 16.3. The van der Waals surface area contributed by atoms with Crippen LogP contribution >= 0.6 is 0 Å². The maximum absolute atomic E-state index is 12.4. The molecule has 0 aliphatic heterocycles. The zero-order valence-corrected chi connectivity index (χ0v) is 13.4. The number of hydrogen-bond acceptors (Lipinski definition) is 3. The zero-order chi connectivity index (χ0) is 16.9. The second kappa shape index (κ2) is 7.06. The fourth-order valence-corrected chi connectivity index (χ4v) is 2.54. The van der Waals surface area contributed by atoms with E-state index in [2.05, 4.69) is 10.3 Å². The quantitative estimate of drug-likeness (QED) is 0.769. The van der Waals surface area contributed by atoms with Crippen molar-refractivity contribution in [3.63, 3.8) is 0 Å². The van der Waals surface area contributed by atoms with Gasteiger partial charge in [-0.3, -0.25) is 9.78 Å². The average Bonchev–Trinajstić information content (AvgIpc) is 2.64. The maximum Gasteiger partial charge on any atom is 0.274 e. The van der Waals surface area contributed by atoms with E-state index in [0.717, 1.165) is 22.4 Å². The van der Waals surface area contributed by atoms with E-state index >= 15 is 0 Å². The maximum atomic E-state index is 12.4. The number of amides is 1. The summed E-state index contributed by atoms with van der Waals surface area (Å²) >= 11 is 0. The molecule has 0 aliphatic rings. The van der Waals surface area contributed by atoms with Crippen LogP contribution in [-0.4, -0.2) is 16.0 Å². The number of carbonyl (C=O) groups excluding carboxylic acids is 1. The van der Waals surface area contributed by atoms with Gasteiger partial charge in [-0.15, -0.1) is 0 Å². The van der Waals surface area contributed by atoms with Crippen LogP contribution in [0.2, 0.25) is 0 Å². The van der Waals surface area contributed by atoms with Crippen molar-refractivity contribution in [3.8, 4) is 11.1 Å². The van der Waals surface area contributed by atoms with Crippen LogP contribution < -0.4 is 5.32 Å². The minimum absolute atomic E-state index is 0.0902. The van der Waals surface area contributed by atoms with Crippen molar-refractivity contribution in [1.82, 2.24) is 4.98 Å². The highest BCUT2D eigenvalue weighted by Gasteiger charge is 2.11. The molecule has 0 bridgehead atoms. The molecule has 0 radical (unpaired) electrons. The predicted molar refractivity (Wildman–Crippen MR) is 94.7 cm³/mol. The number of hydrogen-bond donors (Lipinski definition) is 2. The highest BCUT2D eigenvalue weighted by Crippen LogP contribution is 2.28. The van der Waals surface area contributed by atoms with Gasteiger partial charge in [0.25, 0.3) is 5.91 Å². The first-order valence-electron chi connectivity index (χ1n) is 7.71. The summed E-state index contributed by atoms with van der Waals surface area (Å²) in [6.45, 7) is 1.90. The number of carbonyl (C=O) groups is 1. The fourth-order valence-electron chi connectivity index (χ4n) is 2.54. The Balaban J connectivity index is 1.86. The summed E-state index contributed by atoms with van der Waals surface area (Å²) in [4.78, 5) is 16.5. The lowest BCUT2D eigenvalue weighted by atomic mass is 9.99. The third kappa shape index (κ3) is 3.34. The molecule has 0 unspecified atom stereocenters. The van der Waals surface area contributed by atoms with E-state index in [4.69, 9.17) is 5.11 Å². The van der Waals surface area contributed by atoms with Gasteiger partial charge in [0.1, 0.15) is 5.69 Å². The normalized spacial score (nSPS) is 10.4. The smallest absolute Gasteiger partial charge is 0.274 e. The largest absolute Gasteiger partial charge is 0.392 e. The molecule has 0 atom stereocenters. The zero-order valence-electron chi connectivity index (χ0n) is 13.4. The number of aromatic nitrogens is 1. The second-order valence-electron chi connectivity index (χ2n) is 5.51. The van der Waals surface area contributed by atoms with Crippen molar-refractivity contribution >= 4 is 11.6 Å². The number of aliphatic hydroxyl groups excluding tert-OH is 1. The van der Waals surface area contributed by atoms with E-state index in [-0.39, 0.29) is 12.5 Å². The van der Waals surface area contributed by atoms with Crippen molar-refractivity contribution in [1.29, 1.82) is 0 Å². The Morgan fingerprint density at radius 1 is 1.04 bits per heavy atom. The van der Waals surface area contributed by atoms with E-state index in [1.165, 1.54) is 6.20 Å². The fraction of sp³-hybridized carbons (Fsp3) is 0.100. The van der Waals surface area contributed by atoms with E-state index in [9.17, 15) is 4.79 Å². The topological polar surface area (TPSA) is 62.2 Å². The highest BCUT2D eigenvalue weighted by molar-refractivity contribution is 6.03. The molecule has 1 aromatic heterocycles. The van der Waals surface area contributed by atoms with Gasteiger partial charge >= 0.3 is 0 Å². The summed E-state index contributed by atoms with van der Waals surface area (Å²) in [6, 6.07) is 19.2. The predicted octanol–water partition coefficient (Wildman–Crippen LogP) is 3.80. The van der Waals surface area contributed by atoms with Gasteiger partial charge in [0.15, 0.2) is 0 Å². The Bertz CT molecular complexity index is 843. The lowest BCUT2D eigenvalue weighted by molar-refractivity contribution is 0.102. The van der Waals surface area contributed by atoms with Gasteiger partial charge in [-0.05, 0) is 41.3 Å². The Hall–Kier alpha value is -2.98. The lowest BCUT2D eigenvalue weighted by Crippen LogP contribution is -2.14. The van der Waals surface area contributed by atoms with Crippen LogP contribution in [0.5, 0.6) is 0 Å². The molecule has 2 aromatic carbocycles. The number of rotatable bonds is 4. The van der Waals surface area contributed by atoms with Gasteiger partial charge in [-0.1, -0.05) is 48.5 Å². The van der Waals surface area contributed by atoms with Crippen molar-refractivity contribution in [2.45, 2.75) is 13.5 Å². The van der Waals surface area contributed by atoms with E-state index < -0.39 is 0 Å². The third-order valence-corrected chi connectivity index (χ3v) is 3.91. The van der Waals surface area contributed by atoms with E-state index in [1.54, 1.807) is 12.1 Å². The summed E-state index contributed by atoms with van der Waals surface area (Å²) in [5, 5.41) is 11.9. The van der Waals surface area contributed by atoms with Crippen LogP contribution in [-0.2, 0) is 6.61 Å². The Morgan fingerprint density at radius 2 is 1.83 bits per heavy atom. The van der Waals surface area contributed by atoms with Crippen molar-refractivity contribution in [3.05, 3.63) is 83.7 Å². The van der Waals surface area contributed by atoms with Crippen LogP contribution in [0.4, 0.5) is 5.69 Å². The molecular formula is C20H18N2O2. The molecule has 0 fully saturated rings. The van der Waals surface area contributed by atoms with Gasteiger partial charge in [0.2, 0.25) is 0 Å². The molecule has 120 valence electrons. The average molecular weight is 318 g/mol. The molecule has 1 amide bonds. The first kappa shape index (κ1) is 15.9. The minimum Gasteiger partial charge on any atom is -0.392 e. The molecule has 4 nitrogen and oxygen atoms in total. The molecule has 1 heterocycles. The van der Waals surface area contributed by atoms with E-state index in [1.807, 2.05) is 55.5 Å². The number of pyridine rings is 1. The lowest BCUT2D eigenvalue weighted by Gasteiger charge is -2.12. The Morgan fingerprint density at radius 3 is 2.50 bits per heavy atom. The summed E-state index contributed by atoms with van der Waals surface area (Å²) in [5.74, 6) is -0.271. The molecular weight excluding hydrogens is 300 g/mol. The standard InChI is InChI=1S/C20H18N2O2/c1-14-17(16-6-3-2-4-7-16)8-5-9-18(14)22-20(24)19-11-10-15(13-23)12-21-19/h2-12,23H,13H2,1H3,(H,22,24). The summed E-state index contributed by atoms with van der Waals surface area (Å²) in [6.07, 6.45) is 1.50. The van der Waals surface area contributed by atoms with Crippen LogP contribution in [0.3, 0.4) is 0 Å². The molecule has 0 spiro atoms. The van der Waals surface area contributed by atoms with Crippen molar-refractivity contribution in [2.24, 2.45) is 0 Å². The Kier molecular flexibility index (Phi) is 4.68. The molecule has 0 saturated heterocycles. The first-order valence-corrected chi connectivity index (χ1v) is 7.71. The van der Waals surface area contributed by atoms with Gasteiger partial charge in [-0.25, -0.2) is 0 Å². The molecule has 3 rings (SSSR count). The van der Waals surface area contributed by atoms with Gasteiger partial charge in [-0.2, -0.15) is 0 Å². The second-order valence-corrected chi connectivity index (χ2v) is 5.51. The minimum atomic E-state index is -0.271. The van der Waals surface area contributed by atoms with E-state index in [0.29, 0.717) is 11.3 Å². The monoisotopic (exact) mass is 318 g/mol. The molecule has 3 aromatic rings. The van der Waals surface area contributed by atoms with Crippen LogP contribution in [0.1, 0.15) is 21.6 Å². The SMILES string of the molecule is Cc1c(NC(=O)c2ccc(CO)cn2)cccc1-c1ccccc1. The molecule has 0 saturated carbocycles. The van der Waals surface area contributed by atoms with Gasteiger partial charge in [0.05, 0.1) is 6.61 Å². The van der Waals surface area contributed by atoms with Gasteiger partial charge < -0.3 is 10.4 Å². The first-order chi connectivity index (χ1) is 11.7. The Labute approximate surface area is 140 Å². The summed E-state index contributed by atoms with van der Waals surface area (Å²) in [7, 11) is 0. The molecule has 4 heteroatoms. The number of aliphatic hydroxyl groups is 1. The van der Waals surface area contributed by atoms with Crippen LogP contribution in [0.15, 0.2) is 66.9 Å². The number of benzene rings is 2. The van der Waals surface area contributed by atoms with Crippen molar-refractivity contribution < 1.29 is 9.90 Å². The third-order valence-electron chi connectivity index (χ3n) is 3.91.